The van der Waals surface area contributed by atoms with Gasteiger partial charge in [0.25, 0.3) is 0 Å². The number of benzene rings is 2. The first-order valence-corrected chi connectivity index (χ1v) is 6.39. The SMILES string of the molecule is Cc1ccc(OCC(N)(CO)c2ccccc2)cc1F. The standard InChI is InChI=1S/C16H18FNO2/c1-12-7-8-14(9-15(12)17)20-11-16(18,10-19)13-5-3-2-4-6-13/h2-9,19H,10-11,18H2,1H3. The van der Waals surface area contributed by atoms with E-state index in [0.717, 1.165) is 5.56 Å². The highest BCUT2D eigenvalue weighted by molar-refractivity contribution is 5.29. The Hall–Kier alpha value is -1.91. The van der Waals surface area contributed by atoms with Gasteiger partial charge in [0.1, 0.15) is 18.2 Å². The summed E-state index contributed by atoms with van der Waals surface area (Å²) >= 11 is 0. The quantitative estimate of drug-likeness (QED) is 0.880. The van der Waals surface area contributed by atoms with Crippen molar-refractivity contribution in [2.24, 2.45) is 5.73 Å². The van der Waals surface area contributed by atoms with Crippen molar-refractivity contribution in [3.05, 3.63) is 65.5 Å². The van der Waals surface area contributed by atoms with Crippen LogP contribution in [0.4, 0.5) is 4.39 Å². The summed E-state index contributed by atoms with van der Waals surface area (Å²) in [7, 11) is 0. The average molecular weight is 275 g/mol. The van der Waals surface area contributed by atoms with E-state index in [4.69, 9.17) is 10.5 Å². The summed E-state index contributed by atoms with van der Waals surface area (Å²) < 4.78 is 19.0. The van der Waals surface area contributed by atoms with Gasteiger partial charge in [0.05, 0.1) is 12.1 Å². The van der Waals surface area contributed by atoms with E-state index in [1.807, 2.05) is 30.3 Å². The minimum Gasteiger partial charge on any atom is -0.491 e. The highest BCUT2D eigenvalue weighted by Gasteiger charge is 2.27. The van der Waals surface area contributed by atoms with E-state index in [9.17, 15) is 9.50 Å². The first-order valence-electron chi connectivity index (χ1n) is 6.39. The van der Waals surface area contributed by atoms with Gasteiger partial charge in [0, 0.05) is 6.07 Å². The Balaban J connectivity index is 2.13. The van der Waals surface area contributed by atoms with Crippen molar-refractivity contribution in [3.8, 4) is 5.75 Å². The van der Waals surface area contributed by atoms with Crippen LogP contribution in [0.5, 0.6) is 5.75 Å². The Kier molecular flexibility index (Phi) is 4.37. The Morgan fingerprint density at radius 3 is 2.50 bits per heavy atom. The molecule has 0 saturated carbocycles. The molecule has 0 radical (unpaired) electrons. The summed E-state index contributed by atoms with van der Waals surface area (Å²) in [5.74, 6) is 0.0705. The van der Waals surface area contributed by atoms with Gasteiger partial charge in [-0.2, -0.15) is 0 Å². The summed E-state index contributed by atoms with van der Waals surface area (Å²) in [6.45, 7) is 1.49. The zero-order chi connectivity index (χ0) is 14.6. The number of rotatable bonds is 5. The number of ether oxygens (including phenoxy) is 1. The molecule has 0 aliphatic rings. The summed E-state index contributed by atoms with van der Waals surface area (Å²) in [5, 5.41) is 9.54. The second-order valence-electron chi connectivity index (χ2n) is 4.88. The molecule has 4 heteroatoms. The first-order chi connectivity index (χ1) is 9.55. The Labute approximate surface area is 117 Å². The fourth-order valence-corrected chi connectivity index (χ4v) is 1.87. The van der Waals surface area contributed by atoms with Gasteiger partial charge in [-0.3, -0.25) is 0 Å². The van der Waals surface area contributed by atoms with Crippen molar-refractivity contribution in [2.45, 2.75) is 12.5 Å². The third-order valence-electron chi connectivity index (χ3n) is 3.27. The molecular formula is C16H18FNO2. The fourth-order valence-electron chi connectivity index (χ4n) is 1.87. The van der Waals surface area contributed by atoms with E-state index < -0.39 is 5.54 Å². The Bertz CT molecular complexity index is 574. The molecule has 0 amide bonds. The van der Waals surface area contributed by atoms with E-state index in [0.29, 0.717) is 11.3 Å². The van der Waals surface area contributed by atoms with Crippen LogP contribution in [0, 0.1) is 12.7 Å². The van der Waals surface area contributed by atoms with Gasteiger partial charge < -0.3 is 15.6 Å². The van der Waals surface area contributed by atoms with Crippen molar-refractivity contribution in [3.63, 3.8) is 0 Å². The third-order valence-corrected chi connectivity index (χ3v) is 3.27. The van der Waals surface area contributed by atoms with Crippen molar-refractivity contribution >= 4 is 0 Å². The molecular weight excluding hydrogens is 257 g/mol. The molecule has 20 heavy (non-hydrogen) atoms. The molecule has 0 saturated heterocycles. The van der Waals surface area contributed by atoms with E-state index >= 15 is 0 Å². The predicted molar refractivity (Wildman–Crippen MR) is 76.0 cm³/mol. The molecule has 0 spiro atoms. The Morgan fingerprint density at radius 2 is 1.90 bits per heavy atom. The maximum Gasteiger partial charge on any atom is 0.129 e. The number of halogens is 1. The largest absolute Gasteiger partial charge is 0.491 e. The summed E-state index contributed by atoms with van der Waals surface area (Å²) in [6.07, 6.45) is 0. The second kappa shape index (κ2) is 6.03. The average Bonchev–Trinajstić information content (AvgIpc) is 2.49. The van der Waals surface area contributed by atoms with Gasteiger partial charge in [0.2, 0.25) is 0 Å². The van der Waals surface area contributed by atoms with Gasteiger partial charge in [-0.1, -0.05) is 36.4 Å². The number of nitrogens with two attached hydrogens (primary N) is 1. The summed E-state index contributed by atoms with van der Waals surface area (Å²) in [6, 6.07) is 13.9. The van der Waals surface area contributed by atoms with Crippen LogP contribution < -0.4 is 10.5 Å². The van der Waals surface area contributed by atoms with Crippen LogP contribution in [-0.4, -0.2) is 18.3 Å². The molecule has 3 nitrogen and oxygen atoms in total. The topological polar surface area (TPSA) is 55.5 Å². The van der Waals surface area contributed by atoms with Crippen LogP contribution in [0.25, 0.3) is 0 Å². The van der Waals surface area contributed by atoms with Crippen LogP contribution in [-0.2, 0) is 5.54 Å². The van der Waals surface area contributed by atoms with Gasteiger partial charge in [0.15, 0.2) is 0 Å². The molecule has 2 aromatic carbocycles. The third kappa shape index (κ3) is 3.15. The molecule has 0 aliphatic carbocycles. The van der Waals surface area contributed by atoms with Crippen LogP contribution in [0.3, 0.4) is 0 Å². The Morgan fingerprint density at radius 1 is 1.20 bits per heavy atom. The molecule has 0 fully saturated rings. The van der Waals surface area contributed by atoms with Gasteiger partial charge in [-0.15, -0.1) is 0 Å². The minimum atomic E-state index is -1.01. The molecule has 3 N–H and O–H groups in total. The molecule has 0 aromatic heterocycles. The summed E-state index contributed by atoms with van der Waals surface area (Å²) in [5.41, 5.74) is 6.48. The normalized spacial score (nSPS) is 13.8. The van der Waals surface area contributed by atoms with Gasteiger partial charge in [-0.05, 0) is 24.1 Å². The van der Waals surface area contributed by atoms with E-state index in [-0.39, 0.29) is 19.0 Å². The number of aryl methyl sites for hydroxylation is 1. The van der Waals surface area contributed by atoms with Gasteiger partial charge in [-0.25, -0.2) is 4.39 Å². The van der Waals surface area contributed by atoms with Crippen molar-refractivity contribution in [2.75, 3.05) is 13.2 Å². The highest BCUT2D eigenvalue weighted by Crippen LogP contribution is 2.21. The van der Waals surface area contributed by atoms with Crippen LogP contribution in [0.1, 0.15) is 11.1 Å². The first kappa shape index (κ1) is 14.5. The second-order valence-corrected chi connectivity index (χ2v) is 4.88. The van der Waals surface area contributed by atoms with Crippen molar-refractivity contribution < 1.29 is 14.2 Å². The van der Waals surface area contributed by atoms with Gasteiger partial charge >= 0.3 is 0 Å². The van der Waals surface area contributed by atoms with Crippen molar-refractivity contribution in [1.82, 2.24) is 0 Å². The lowest BCUT2D eigenvalue weighted by molar-refractivity contribution is 0.133. The van der Waals surface area contributed by atoms with E-state index in [1.54, 1.807) is 19.1 Å². The molecule has 0 bridgehead atoms. The number of aliphatic hydroxyl groups excluding tert-OH is 1. The lowest BCUT2D eigenvalue weighted by Gasteiger charge is -2.27. The predicted octanol–water partition coefficient (Wildman–Crippen LogP) is 2.36. The number of hydrogen-bond acceptors (Lipinski definition) is 3. The molecule has 106 valence electrons. The van der Waals surface area contributed by atoms with E-state index in [2.05, 4.69) is 0 Å². The van der Waals surface area contributed by atoms with E-state index in [1.165, 1.54) is 6.07 Å². The lowest BCUT2D eigenvalue weighted by atomic mass is 9.93. The molecule has 0 heterocycles. The maximum absolute atomic E-state index is 13.4. The zero-order valence-corrected chi connectivity index (χ0v) is 11.3. The maximum atomic E-state index is 13.4. The molecule has 2 aromatic rings. The highest BCUT2D eigenvalue weighted by atomic mass is 19.1. The molecule has 0 aliphatic heterocycles. The fraction of sp³-hybridized carbons (Fsp3) is 0.250. The lowest BCUT2D eigenvalue weighted by Crippen LogP contribution is -2.46. The van der Waals surface area contributed by atoms with Crippen molar-refractivity contribution in [1.29, 1.82) is 0 Å². The zero-order valence-electron chi connectivity index (χ0n) is 11.3. The summed E-state index contributed by atoms with van der Waals surface area (Å²) in [4.78, 5) is 0. The molecule has 1 atom stereocenters. The smallest absolute Gasteiger partial charge is 0.129 e. The minimum absolute atomic E-state index is 0.0655. The molecule has 1 unspecified atom stereocenters. The molecule has 2 rings (SSSR count). The van der Waals surface area contributed by atoms with Crippen LogP contribution in [0.2, 0.25) is 0 Å². The number of aliphatic hydroxyl groups is 1. The monoisotopic (exact) mass is 275 g/mol. The van der Waals surface area contributed by atoms with Crippen LogP contribution in [0.15, 0.2) is 48.5 Å². The van der Waals surface area contributed by atoms with Crippen LogP contribution >= 0.6 is 0 Å². The number of hydrogen-bond donors (Lipinski definition) is 2.